The number of halogens is 2. The molecular formula is C24H22Cl2N4O4S. The molecule has 1 N–H and O–H groups in total. The van der Waals surface area contributed by atoms with Gasteiger partial charge >= 0.3 is 0 Å². The minimum Gasteiger partial charge on any atom is -0.489 e. The average Bonchev–Trinajstić information content (AvgIpc) is 3.24. The number of fused-ring (bicyclic) bond motifs is 1. The summed E-state index contributed by atoms with van der Waals surface area (Å²) < 4.78 is 36.5. The third kappa shape index (κ3) is 6.14. The summed E-state index contributed by atoms with van der Waals surface area (Å²) in [6.45, 7) is 0.433. The number of anilines is 1. The summed E-state index contributed by atoms with van der Waals surface area (Å²) in [6.07, 6.45) is 4.25. The molecule has 0 saturated heterocycles. The highest BCUT2D eigenvalue weighted by Gasteiger charge is 2.26. The number of aromatic nitrogens is 2. The predicted molar refractivity (Wildman–Crippen MR) is 134 cm³/mol. The molecule has 3 aromatic rings. The van der Waals surface area contributed by atoms with Crippen LogP contribution in [0.5, 0.6) is 11.5 Å². The molecule has 182 valence electrons. The molecule has 0 radical (unpaired) electrons. The van der Waals surface area contributed by atoms with E-state index in [-0.39, 0.29) is 25.1 Å². The number of nitrogens with one attached hydrogen (secondary N) is 1. The Hall–Kier alpha value is -3.06. The Morgan fingerprint density at radius 1 is 1.23 bits per heavy atom. The molecule has 0 unspecified atom stereocenters. The number of aryl methyl sites for hydroxylation is 1. The fourth-order valence-electron chi connectivity index (χ4n) is 4.06. The number of hydrogen-bond acceptors (Lipinski definition) is 7. The molecular weight excluding hydrogens is 511 g/mol. The first-order valence-electron chi connectivity index (χ1n) is 10.7. The molecule has 8 nitrogen and oxygen atoms in total. The van der Waals surface area contributed by atoms with Crippen LogP contribution in [0.2, 0.25) is 5.02 Å². The molecule has 1 aliphatic rings. The number of nitriles is 1. The van der Waals surface area contributed by atoms with Gasteiger partial charge in [-0.3, -0.25) is 4.72 Å². The summed E-state index contributed by atoms with van der Waals surface area (Å²) in [6, 6.07) is 13.4. The standard InChI is InChI=1S/C24H22Cl2N4O4S/c1-35(31,32)30-24-28-8-6-18(29-24)14-34-19-3-5-20-15(11-19)2-4-21(20)16-10-17(13-27)23(22(26)12-16)33-9-7-25/h3,5-6,8,10-12,21H,2,4,7,9,14H2,1H3,(H,28,29,30)/t21-/m0/s1. The van der Waals surface area contributed by atoms with Crippen LogP contribution in [-0.2, 0) is 23.1 Å². The lowest BCUT2D eigenvalue weighted by molar-refractivity contribution is 0.301. The van der Waals surface area contributed by atoms with Gasteiger partial charge in [-0.2, -0.15) is 5.26 Å². The number of alkyl halides is 1. The summed E-state index contributed by atoms with van der Waals surface area (Å²) >= 11 is 12.1. The molecule has 1 aliphatic carbocycles. The van der Waals surface area contributed by atoms with Crippen molar-refractivity contribution in [3.05, 3.63) is 75.6 Å². The average molecular weight is 533 g/mol. The molecule has 1 atom stereocenters. The Bertz CT molecular complexity index is 1390. The highest BCUT2D eigenvalue weighted by molar-refractivity contribution is 7.91. The van der Waals surface area contributed by atoms with Gasteiger partial charge in [0.25, 0.3) is 0 Å². The van der Waals surface area contributed by atoms with Crippen molar-refractivity contribution in [2.24, 2.45) is 0 Å². The highest BCUT2D eigenvalue weighted by atomic mass is 35.5. The van der Waals surface area contributed by atoms with Gasteiger partial charge in [0, 0.05) is 12.1 Å². The number of nitrogens with zero attached hydrogens (tertiary/aromatic N) is 3. The van der Waals surface area contributed by atoms with E-state index in [4.69, 9.17) is 32.7 Å². The lowest BCUT2D eigenvalue weighted by Crippen LogP contribution is -2.13. The Morgan fingerprint density at radius 2 is 2.06 bits per heavy atom. The summed E-state index contributed by atoms with van der Waals surface area (Å²) in [4.78, 5) is 8.07. The minimum absolute atomic E-state index is 0.000120. The topological polar surface area (TPSA) is 114 Å². The highest BCUT2D eigenvalue weighted by Crippen LogP contribution is 2.42. The van der Waals surface area contributed by atoms with Crippen molar-refractivity contribution in [1.82, 2.24) is 9.97 Å². The zero-order chi connectivity index (χ0) is 25.0. The van der Waals surface area contributed by atoms with Crippen molar-refractivity contribution in [1.29, 1.82) is 5.26 Å². The molecule has 0 amide bonds. The van der Waals surface area contributed by atoms with Crippen LogP contribution in [0.4, 0.5) is 5.95 Å². The third-order valence-electron chi connectivity index (χ3n) is 5.48. The smallest absolute Gasteiger partial charge is 0.236 e. The van der Waals surface area contributed by atoms with Crippen molar-refractivity contribution >= 4 is 39.2 Å². The first kappa shape index (κ1) is 25.0. The molecule has 0 spiro atoms. The van der Waals surface area contributed by atoms with Gasteiger partial charge in [-0.25, -0.2) is 18.4 Å². The second-order valence-corrected chi connectivity index (χ2v) is 10.5. The van der Waals surface area contributed by atoms with Crippen molar-refractivity contribution in [3.8, 4) is 17.6 Å². The summed E-state index contributed by atoms with van der Waals surface area (Å²) in [5.41, 5.74) is 4.21. The van der Waals surface area contributed by atoms with E-state index in [0.717, 1.165) is 35.8 Å². The Morgan fingerprint density at radius 3 is 2.80 bits per heavy atom. The van der Waals surface area contributed by atoms with E-state index in [1.54, 1.807) is 6.07 Å². The maximum Gasteiger partial charge on any atom is 0.236 e. The van der Waals surface area contributed by atoms with Crippen LogP contribution in [0.1, 0.15) is 40.3 Å². The third-order valence-corrected chi connectivity index (χ3v) is 6.47. The molecule has 0 fully saturated rings. The normalized spacial score (nSPS) is 14.7. The number of ether oxygens (including phenoxy) is 2. The molecule has 1 aromatic heterocycles. The summed E-state index contributed by atoms with van der Waals surface area (Å²) in [7, 11) is -3.46. The maximum absolute atomic E-state index is 11.4. The summed E-state index contributed by atoms with van der Waals surface area (Å²) in [5, 5.41) is 9.98. The van der Waals surface area contributed by atoms with E-state index in [2.05, 4.69) is 20.8 Å². The molecule has 35 heavy (non-hydrogen) atoms. The second-order valence-electron chi connectivity index (χ2n) is 8.02. The van der Waals surface area contributed by atoms with Crippen molar-refractivity contribution in [2.75, 3.05) is 23.5 Å². The van der Waals surface area contributed by atoms with E-state index in [9.17, 15) is 13.7 Å². The number of rotatable bonds is 9. The fraction of sp³-hybridized carbons (Fsp3) is 0.292. The Kier molecular flexibility index (Phi) is 7.65. The molecule has 0 saturated carbocycles. The number of hydrogen-bond donors (Lipinski definition) is 1. The van der Waals surface area contributed by atoms with Gasteiger partial charge in [0.15, 0.2) is 5.75 Å². The molecule has 4 rings (SSSR count). The Balaban J connectivity index is 1.49. The van der Waals surface area contributed by atoms with Crippen LogP contribution in [-0.4, -0.2) is 37.1 Å². The van der Waals surface area contributed by atoms with Crippen LogP contribution < -0.4 is 14.2 Å². The first-order chi connectivity index (χ1) is 16.8. The first-order valence-corrected chi connectivity index (χ1v) is 13.6. The van der Waals surface area contributed by atoms with Gasteiger partial charge in [-0.05, 0) is 59.9 Å². The Labute approximate surface area is 213 Å². The van der Waals surface area contributed by atoms with Crippen molar-refractivity contribution in [3.63, 3.8) is 0 Å². The molecule has 0 bridgehead atoms. The van der Waals surface area contributed by atoms with Gasteiger partial charge in [0.2, 0.25) is 16.0 Å². The van der Waals surface area contributed by atoms with E-state index in [1.165, 1.54) is 6.20 Å². The molecule has 11 heteroatoms. The van der Waals surface area contributed by atoms with Gasteiger partial charge in [0.1, 0.15) is 25.0 Å². The monoisotopic (exact) mass is 532 g/mol. The van der Waals surface area contributed by atoms with Gasteiger partial charge in [0.05, 0.1) is 28.4 Å². The lowest BCUT2D eigenvalue weighted by Gasteiger charge is -2.16. The van der Waals surface area contributed by atoms with Crippen molar-refractivity contribution in [2.45, 2.75) is 25.4 Å². The van der Waals surface area contributed by atoms with Crippen LogP contribution in [0.3, 0.4) is 0 Å². The largest absolute Gasteiger partial charge is 0.489 e. The maximum atomic E-state index is 11.4. The van der Waals surface area contributed by atoms with Crippen LogP contribution in [0, 0.1) is 11.3 Å². The quantitative estimate of drug-likeness (QED) is 0.399. The minimum atomic E-state index is -3.46. The van der Waals surface area contributed by atoms with Gasteiger partial charge in [-0.1, -0.05) is 17.7 Å². The lowest BCUT2D eigenvalue weighted by atomic mass is 9.91. The zero-order valence-electron chi connectivity index (χ0n) is 18.8. The summed E-state index contributed by atoms with van der Waals surface area (Å²) in [5.74, 6) is 1.46. The van der Waals surface area contributed by atoms with Crippen LogP contribution >= 0.6 is 23.2 Å². The number of benzene rings is 2. The van der Waals surface area contributed by atoms with E-state index < -0.39 is 10.0 Å². The van der Waals surface area contributed by atoms with Gasteiger partial charge < -0.3 is 9.47 Å². The molecule has 1 heterocycles. The zero-order valence-corrected chi connectivity index (χ0v) is 21.1. The second kappa shape index (κ2) is 10.7. The fourth-order valence-corrected chi connectivity index (χ4v) is 4.85. The van der Waals surface area contributed by atoms with Crippen LogP contribution in [0.15, 0.2) is 42.6 Å². The molecule has 2 aromatic carbocycles. The van der Waals surface area contributed by atoms with E-state index in [0.29, 0.717) is 33.7 Å². The number of sulfonamides is 1. The van der Waals surface area contributed by atoms with Crippen LogP contribution in [0.25, 0.3) is 0 Å². The van der Waals surface area contributed by atoms with Crippen molar-refractivity contribution < 1.29 is 17.9 Å². The molecule has 0 aliphatic heterocycles. The predicted octanol–water partition coefficient (Wildman–Crippen LogP) is 4.65. The van der Waals surface area contributed by atoms with E-state index in [1.807, 2.05) is 30.3 Å². The van der Waals surface area contributed by atoms with E-state index >= 15 is 0 Å². The van der Waals surface area contributed by atoms with Gasteiger partial charge in [-0.15, -0.1) is 11.6 Å². The SMILES string of the molecule is CS(=O)(=O)Nc1nccc(COc2ccc3c(c2)CC[C@H]3c2cc(Cl)c(OCCCl)c(C#N)c2)n1.